The molecule has 0 atom stereocenters. The van der Waals surface area contributed by atoms with Crippen LogP contribution in [0.15, 0.2) is 52.9 Å². The minimum absolute atomic E-state index is 0.108. The van der Waals surface area contributed by atoms with Gasteiger partial charge < -0.3 is 5.32 Å². The van der Waals surface area contributed by atoms with Crippen molar-refractivity contribution in [1.29, 1.82) is 0 Å². The number of carbonyl (C=O) groups excluding carboxylic acids is 1. The van der Waals surface area contributed by atoms with Crippen LogP contribution in [0.3, 0.4) is 0 Å². The van der Waals surface area contributed by atoms with E-state index in [1.54, 1.807) is 6.07 Å². The Morgan fingerprint density at radius 3 is 2.60 bits per heavy atom. The number of anilines is 1. The van der Waals surface area contributed by atoms with Crippen molar-refractivity contribution in [2.45, 2.75) is 16.5 Å². The molecule has 0 aliphatic rings. The number of halogens is 2. The van der Waals surface area contributed by atoms with E-state index in [1.165, 1.54) is 23.1 Å². The standard InChI is InChI=1S/C17H13Cl2N3OS2/c18-13-7-6-12(8-14(13)19)10-24-17-22-21-16(25-17)20-15(23)9-11-4-2-1-3-5-11/h1-8H,9-10H2,(H,20,21,23). The van der Waals surface area contributed by atoms with Crippen molar-refractivity contribution in [2.75, 3.05) is 5.32 Å². The van der Waals surface area contributed by atoms with E-state index in [1.807, 2.05) is 42.5 Å². The number of nitrogens with zero attached hydrogens (tertiary/aromatic N) is 2. The molecule has 0 fully saturated rings. The largest absolute Gasteiger partial charge is 0.300 e. The van der Waals surface area contributed by atoms with Gasteiger partial charge in [-0.15, -0.1) is 10.2 Å². The van der Waals surface area contributed by atoms with Crippen LogP contribution in [0.4, 0.5) is 5.13 Å². The molecule has 25 heavy (non-hydrogen) atoms. The highest BCUT2D eigenvalue weighted by Crippen LogP contribution is 2.30. The van der Waals surface area contributed by atoms with Gasteiger partial charge in [0.25, 0.3) is 0 Å². The number of carbonyl (C=O) groups is 1. The molecule has 1 heterocycles. The average molecular weight is 410 g/mol. The molecule has 1 N–H and O–H groups in total. The van der Waals surface area contributed by atoms with Crippen LogP contribution in [-0.2, 0) is 17.0 Å². The van der Waals surface area contributed by atoms with Crippen LogP contribution in [-0.4, -0.2) is 16.1 Å². The highest BCUT2D eigenvalue weighted by atomic mass is 35.5. The first-order chi connectivity index (χ1) is 12.1. The maximum Gasteiger partial charge on any atom is 0.230 e. The van der Waals surface area contributed by atoms with E-state index in [0.717, 1.165) is 15.5 Å². The number of hydrogen-bond acceptors (Lipinski definition) is 5. The van der Waals surface area contributed by atoms with Crippen molar-refractivity contribution < 1.29 is 4.79 Å². The Bertz CT molecular complexity index is 871. The zero-order valence-corrected chi connectivity index (χ0v) is 16.1. The molecule has 0 unspecified atom stereocenters. The lowest BCUT2D eigenvalue weighted by molar-refractivity contribution is -0.115. The van der Waals surface area contributed by atoms with Crippen LogP contribution < -0.4 is 5.32 Å². The zero-order valence-electron chi connectivity index (χ0n) is 12.9. The smallest absolute Gasteiger partial charge is 0.230 e. The van der Waals surface area contributed by atoms with Crippen LogP contribution >= 0.6 is 46.3 Å². The summed E-state index contributed by atoms with van der Waals surface area (Å²) in [4.78, 5) is 12.0. The molecule has 1 aromatic heterocycles. The van der Waals surface area contributed by atoms with Crippen molar-refractivity contribution in [3.63, 3.8) is 0 Å². The molecule has 1 amide bonds. The number of amides is 1. The molecule has 8 heteroatoms. The first-order valence-corrected chi connectivity index (χ1v) is 9.90. The van der Waals surface area contributed by atoms with Crippen LogP contribution in [0.2, 0.25) is 10.0 Å². The van der Waals surface area contributed by atoms with Gasteiger partial charge >= 0.3 is 0 Å². The van der Waals surface area contributed by atoms with Crippen molar-refractivity contribution in [3.8, 4) is 0 Å². The molecule has 3 rings (SSSR count). The normalized spacial score (nSPS) is 10.6. The lowest BCUT2D eigenvalue weighted by atomic mass is 10.1. The Morgan fingerprint density at radius 1 is 1.04 bits per heavy atom. The number of aromatic nitrogens is 2. The SMILES string of the molecule is O=C(Cc1ccccc1)Nc1nnc(SCc2ccc(Cl)c(Cl)c2)s1. The maximum atomic E-state index is 12.0. The quantitative estimate of drug-likeness (QED) is 0.442. The van der Waals surface area contributed by atoms with Gasteiger partial charge in [0, 0.05) is 5.75 Å². The molecule has 4 nitrogen and oxygen atoms in total. The molecule has 3 aromatic rings. The van der Waals surface area contributed by atoms with Crippen molar-refractivity contribution in [2.24, 2.45) is 0 Å². The Hall–Kier alpha value is -1.60. The molecule has 0 spiro atoms. The summed E-state index contributed by atoms with van der Waals surface area (Å²) in [7, 11) is 0. The molecular formula is C17H13Cl2N3OS2. The van der Waals surface area contributed by atoms with Crippen molar-refractivity contribution in [3.05, 3.63) is 69.7 Å². The van der Waals surface area contributed by atoms with Gasteiger partial charge in [-0.2, -0.15) is 0 Å². The van der Waals surface area contributed by atoms with E-state index in [2.05, 4.69) is 15.5 Å². The van der Waals surface area contributed by atoms with Crippen LogP contribution in [0.25, 0.3) is 0 Å². The minimum atomic E-state index is -0.108. The van der Waals surface area contributed by atoms with E-state index in [4.69, 9.17) is 23.2 Å². The fraction of sp³-hybridized carbons (Fsp3) is 0.118. The topological polar surface area (TPSA) is 54.9 Å². The second kappa shape index (κ2) is 8.67. The van der Waals surface area contributed by atoms with Gasteiger partial charge in [-0.25, -0.2) is 0 Å². The summed E-state index contributed by atoms with van der Waals surface area (Å²) in [5.74, 6) is 0.590. The summed E-state index contributed by atoms with van der Waals surface area (Å²) in [6.07, 6.45) is 0.312. The number of hydrogen-bond donors (Lipinski definition) is 1. The summed E-state index contributed by atoms with van der Waals surface area (Å²) < 4.78 is 0.779. The molecule has 0 saturated carbocycles. The van der Waals surface area contributed by atoms with Gasteiger partial charge in [0.15, 0.2) is 4.34 Å². The van der Waals surface area contributed by atoms with Crippen molar-refractivity contribution >= 4 is 57.3 Å². The monoisotopic (exact) mass is 409 g/mol. The highest BCUT2D eigenvalue weighted by Gasteiger charge is 2.10. The number of rotatable bonds is 6. The second-order valence-corrected chi connectivity index (χ2v) is 8.14. The van der Waals surface area contributed by atoms with E-state index in [9.17, 15) is 4.79 Å². The third-order valence-corrected chi connectivity index (χ3v) is 5.99. The Balaban J connectivity index is 1.53. The Kier molecular flexibility index (Phi) is 6.31. The van der Waals surface area contributed by atoms with Gasteiger partial charge in [-0.1, -0.05) is 82.7 Å². The molecule has 0 saturated heterocycles. The Morgan fingerprint density at radius 2 is 1.84 bits per heavy atom. The van der Waals surface area contributed by atoms with Crippen LogP contribution in [0, 0.1) is 0 Å². The minimum Gasteiger partial charge on any atom is -0.300 e. The van der Waals surface area contributed by atoms with Gasteiger partial charge in [0.2, 0.25) is 11.0 Å². The molecule has 0 bridgehead atoms. The predicted octanol–water partition coefficient (Wildman–Crippen LogP) is 5.32. The summed E-state index contributed by atoms with van der Waals surface area (Å²) in [6, 6.07) is 15.1. The van der Waals surface area contributed by atoms with E-state index < -0.39 is 0 Å². The summed E-state index contributed by atoms with van der Waals surface area (Å²) in [5, 5.41) is 12.4. The maximum absolute atomic E-state index is 12.0. The summed E-state index contributed by atoms with van der Waals surface area (Å²) in [6.45, 7) is 0. The third kappa shape index (κ3) is 5.44. The van der Waals surface area contributed by atoms with E-state index in [-0.39, 0.29) is 5.91 Å². The molecule has 0 radical (unpaired) electrons. The lowest BCUT2D eigenvalue weighted by Gasteiger charge is -2.01. The first-order valence-electron chi connectivity index (χ1n) is 7.34. The van der Waals surface area contributed by atoms with Gasteiger partial charge in [0.05, 0.1) is 16.5 Å². The highest BCUT2D eigenvalue weighted by molar-refractivity contribution is 8.00. The molecule has 2 aromatic carbocycles. The van der Waals surface area contributed by atoms with E-state index in [0.29, 0.717) is 27.4 Å². The molecule has 0 aliphatic carbocycles. The molecule has 128 valence electrons. The number of benzene rings is 2. The third-order valence-electron chi connectivity index (χ3n) is 3.21. The van der Waals surface area contributed by atoms with Gasteiger partial charge in [-0.05, 0) is 23.3 Å². The van der Waals surface area contributed by atoms with Gasteiger partial charge in [0.1, 0.15) is 0 Å². The number of thioether (sulfide) groups is 1. The van der Waals surface area contributed by atoms with Crippen molar-refractivity contribution in [1.82, 2.24) is 10.2 Å². The fourth-order valence-electron chi connectivity index (χ4n) is 2.04. The summed E-state index contributed by atoms with van der Waals surface area (Å²) >= 11 is 14.8. The lowest BCUT2D eigenvalue weighted by Crippen LogP contribution is -2.14. The van der Waals surface area contributed by atoms with Gasteiger partial charge in [-0.3, -0.25) is 4.79 Å². The second-order valence-electron chi connectivity index (χ2n) is 5.12. The summed E-state index contributed by atoms with van der Waals surface area (Å²) in [5.41, 5.74) is 2.00. The predicted molar refractivity (Wildman–Crippen MR) is 105 cm³/mol. The van der Waals surface area contributed by atoms with Crippen LogP contribution in [0.1, 0.15) is 11.1 Å². The zero-order chi connectivity index (χ0) is 17.6. The van der Waals surface area contributed by atoms with Crippen LogP contribution in [0.5, 0.6) is 0 Å². The first kappa shape index (κ1) is 18.2. The molecular weight excluding hydrogens is 397 g/mol. The number of nitrogens with one attached hydrogen (secondary N) is 1. The average Bonchev–Trinajstić information content (AvgIpc) is 3.04. The fourth-order valence-corrected chi connectivity index (χ4v) is 4.07. The Labute approximate surface area is 163 Å². The molecule has 0 aliphatic heterocycles. The van der Waals surface area contributed by atoms with E-state index >= 15 is 0 Å².